The van der Waals surface area contributed by atoms with Crippen molar-refractivity contribution in [1.29, 1.82) is 0 Å². The van der Waals surface area contributed by atoms with E-state index in [0.717, 1.165) is 19.3 Å². The molecule has 0 saturated carbocycles. The van der Waals surface area contributed by atoms with Crippen LogP contribution in [-0.4, -0.2) is 17.8 Å². The van der Waals surface area contributed by atoms with Gasteiger partial charge in [0.2, 0.25) is 0 Å². The maximum atomic E-state index is 9.18. The highest BCUT2D eigenvalue weighted by Gasteiger charge is 1.97. The van der Waals surface area contributed by atoms with Crippen molar-refractivity contribution in [3.05, 3.63) is 12.2 Å². The van der Waals surface area contributed by atoms with Crippen LogP contribution in [0.4, 0.5) is 0 Å². The fourth-order valence-electron chi connectivity index (χ4n) is 1.34. The first-order valence-corrected chi connectivity index (χ1v) is 5.84. The molecule has 0 aliphatic carbocycles. The van der Waals surface area contributed by atoms with Gasteiger partial charge in [0.1, 0.15) is 0 Å². The number of hydrogen-bond donors (Lipinski definition) is 2. The molecule has 0 amide bonds. The summed E-state index contributed by atoms with van der Waals surface area (Å²) < 4.78 is 0. The molecule has 0 aliphatic rings. The highest BCUT2D eigenvalue weighted by atomic mass is 16.3. The largest absolute Gasteiger partial charge is 0.392 e. The zero-order valence-electron chi connectivity index (χ0n) is 9.41. The van der Waals surface area contributed by atoms with E-state index in [1.54, 1.807) is 0 Å². The average molecular weight is 199 g/mol. The van der Waals surface area contributed by atoms with Crippen molar-refractivity contribution >= 4 is 0 Å². The molecule has 0 aromatic rings. The molecule has 1 unspecified atom stereocenters. The lowest BCUT2D eigenvalue weighted by atomic mass is 10.1. The van der Waals surface area contributed by atoms with Crippen LogP contribution in [0.25, 0.3) is 0 Å². The zero-order valence-corrected chi connectivity index (χ0v) is 9.41. The van der Waals surface area contributed by atoms with Gasteiger partial charge >= 0.3 is 0 Å². The minimum absolute atomic E-state index is 0.302. The summed E-state index contributed by atoms with van der Waals surface area (Å²) in [6.07, 6.45) is 12.2. The highest BCUT2D eigenvalue weighted by molar-refractivity contribution is 4.81. The van der Waals surface area contributed by atoms with Crippen LogP contribution in [0.1, 0.15) is 51.9 Å². The maximum Gasteiger partial charge on any atom is 0.0662 e. The second kappa shape index (κ2) is 10.7. The van der Waals surface area contributed by atoms with Gasteiger partial charge < -0.3 is 10.8 Å². The van der Waals surface area contributed by atoms with Crippen molar-refractivity contribution in [2.75, 3.05) is 6.54 Å². The molecule has 0 aliphatic heterocycles. The van der Waals surface area contributed by atoms with Gasteiger partial charge in [-0.3, -0.25) is 0 Å². The Morgan fingerprint density at radius 3 is 2.36 bits per heavy atom. The minimum Gasteiger partial charge on any atom is -0.392 e. The predicted octanol–water partition coefficient (Wildman–Crippen LogP) is 2.61. The number of allylic oxidation sites excluding steroid dienone is 2. The molecular formula is C12H25NO. The van der Waals surface area contributed by atoms with E-state index in [0.29, 0.717) is 6.54 Å². The summed E-state index contributed by atoms with van der Waals surface area (Å²) in [5.41, 5.74) is 5.30. The molecule has 2 nitrogen and oxygen atoms in total. The Hall–Kier alpha value is -0.340. The Kier molecular flexibility index (Phi) is 10.5. The Morgan fingerprint density at radius 2 is 1.79 bits per heavy atom. The van der Waals surface area contributed by atoms with E-state index in [2.05, 4.69) is 19.1 Å². The minimum atomic E-state index is -0.302. The quantitative estimate of drug-likeness (QED) is 0.443. The summed E-state index contributed by atoms with van der Waals surface area (Å²) in [7, 11) is 0. The molecule has 0 aromatic heterocycles. The van der Waals surface area contributed by atoms with Gasteiger partial charge in [-0.1, -0.05) is 31.9 Å². The topological polar surface area (TPSA) is 46.2 Å². The van der Waals surface area contributed by atoms with Gasteiger partial charge in [-0.15, -0.1) is 0 Å². The Morgan fingerprint density at radius 1 is 1.14 bits per heavy atom. The van der Waals surface area contributed by atoms with Gasteiger partial charge in [-0.2, -0.15) is 0 Å². The second-order valence-corrected chi connectivity index (χ2v) is 3.79. The molecule has 14 heavy (non-hydrogen) atoms. The molecule has 0 heterocycles. The van der Waals surface area contributed by atoms with E-state index in [1.807, 2.05) is 0 Å². The van der Waals surface area contributed by atoms with Crippen LogP contribution in [0.15, 0.2) is 12.2 Å². The second-order valence-electron chi connectivity index (χ2n) is 3.79. The predicted molar refractivity (Wildman–Crippen MR) is 62.2 cm³/mol. The lowest BCUT2D eigenvalue weighted by Gasteiger charge is -2.04. The molecule has 0 spiro atoms. The van der Waals surface area contributed by atoms with E-state index in [1.165, 1.54) is 25.7 Å². The van der Waals surface area contributed by atoms with E-state index >= 15 is 0 Å². The fraction of sp³-hybridized carbons (Fsp3) is 0.833. The Labute approximate surface area is 88.2 Å². The number of unbranched alkanes of at least 4 members (excludes halogenated alkanes) is 4. The van der Waals surface area contributed by atoms with E-state index in [-0.39, 0.29) is 6.10 Å². The van der Waals surface area contributed by atoms with Crippen LogP contribution in [0, 0.1) is 0 Å². The lowest BCUT2D eigenvalue weighted by molar-refractivity contribution is 0.170. The maximum absolute atomic E-state index is 9.18. The molecule has 3 N–H and O–H groups in total. The summed E-state index contributed by atoms with van der Waals surface area (Å²) in [5.74, 6) is 0. The van der Waals surface area contributed by atoms with Crippen LogP contribution >= 0.6 is 0 Å². The molecule has 0 radical (unpaired) electrons. The van der Waals surface area contributed by atoms with Gasteiger partial charge in [-0.25, -0.2) is 0 Å². The van der Waals surface area contributed by atoms with Crippen molar-refractivity contribution in [2.45, 2.75) is 58.0 Å². The fourth-order valence-corrected chi connectivity index (χ4v) is 1.34. The SMILES string of the molecule is CCCCC/C=C/CCCC(O)CN. The monoisotopic (exact) mass is 199 g/mol. The number of rotatable bonds is 9. The number of aliphatic hydroxyl groups excluding tert-OH is 1. The van der Waals surface area contributed by atoms with Gasteiger partial charge in [0, 0.05) is 6.54 Å². The van der Waals surface area contributed by atoms with E-state index in [4.69, 9.17) is 5.73 Å². The highest BCUT2D eigenvalue weighted by Crippen LogP contribution is 2.03. The Bertz CT molecular complexity index is 134. The van der Waals surface area contributed by atoms with Crippen molar-refractivity contribution in [1.82, 2.24) is 0 Å². The molecule has 1 atom stereocenters. The number of aliphatic hydroxyl groups is 1. The summed E-state index contributed by atoms with van der Waals surface area (Å²) in [6, 6.07) is 0. The van der Waals surface area contributed by atoms with Gasteiger partial charge in [0.05, 0.1) is 6.10 Å². The van der Waals surface area contributed by atoms with Gasteiger partial charge in [0.25, 0.3) is 0 Å². The van der Waals surface area contributed by atoms with E-state index in [9.17, 15) is 5.11 Å². The number of nitrogens with two attached hydrogens (primary N) is 1. The van der Waals surface area contributed by atoms with Crippen LogP contribution in [0.3, 0.4) is 0 Å². The first-order chi connectivity index (χ1) is 6.81. The summed E-state index contributed by atoms with van der Waals surface area (Å²) in [6.45, 7) is 2.61. The molecule has 0 bridgehead atoms. The first kappa shape index (κ1) is 13.7. The smallest absolute Gasteiger partial charge is 0.0662 e. The molecule has 0 rings (SSSR count). The molecular weight excluding hydrogens is 174 g/mol. The van der Waals surface area contributed by atoms with E-state index < -0.39 is 0 Å². The van der Waals surface area contributed by atoms with Gasteiger partial charge in [-0.05, 0) is 32.1 Å². The van der Waals surface area contributed by atoms with Crippen molar-refractivity contribution in [3.63, 3.8) is 0 Å². The average Bonchev–Trinajstić information content (AvgIpc) is 2.21. The summed E-state index contributed by atoms with van der Waals surface area (Å²) >= 11 is 0. The summed E-state index contributed by atoms with van der Waals surface area (Å²) in [4.78, 5) is 0. The standard InChI is InChI=1S/C12H25NO/c1-2-3-4-5-6-7-8-9-10-12(14)11-13/h6-7,12,14H,2-5,8-11,13H2,1H3/b7-6+. The third kappa shape index (κ3) is 9.75. The van der Waals surface area contributed by atoms with Crippen LogP contribution in [0.5, 0.6) is 0 Å². The third-order valence-corrected chi connectivity index (χ3v) is 2.32. The Balaban J connectivity index is 3.10. The molecule has 0 aromatic carbocycles. The normalized spacial score (nSPS) is 13.6. The van der Waals surface area contributed by atoms with Crippen molar-refractivity contribution < 1.29 is 5.11 Å². The summed E-state index contributed by atoms with van der Waals surface area (Å²) in [5, 5.41) is 9.18. The third-order valence-electron chi connectivity index (χ3n) is 2.32. The molecule has 0 saturated heterocycles. The molecule has 2 heteroatoms. The number of hydrogen-bond acceptors (Lipinski definition) is 2. The van der Waals surface area contributed by atoms with Crippen molar-refractivity contribution in [3.8, 4) is 0 Å². The zero-order chi connectivity index (χ0) is 10.6. The van der Waals surface area contributed by atoms with Crippen LogP contribution in [-0.2, 0) is 0 Å². The van der Waals surface area contributed by atoms with Gasteiger partial charge in [0.15, 0.2) is 0 Å². The van der Waals surface area contributed by atoms with Crippen LogP contribution < -0.4 is 5.73 Å². The van der Waals surface area contributed by atoms with Crippen molar-refractivity contribution in [2.24, 2.45) is 5.73 Å². The molecule has 0 fully saturated rings. The molecule has 84 valence electrons. The first-order valence-electron chi connectivity index (χ1n) is 5.84. The van der Waals surface area contributed by atoms with Crippen LogP contribution in [0.2, 0.25) is 0 Å². The lowest BCUT2D eigenvalue weighted by Crippen LogP contribution is -2.18.